The third-order valence-corrected chi connectivity index (χ3v) is 1.76. The molecule has 0 aliphatic heterocycles. The number of hydrogen-bond donors (Lipinski definition) is 1. The van der Waals surface area contributed by atoms with Crippen molar-refractivity contribution in [3.05, 3.63) is 17.7 Å². The van der Waals surface area contributed by atoms with E-state index < -0.39 is 0 Å². The number of aromatic nitrogens is 2. The molecule has 2 nitrogen and oxygen atoms in total. The molecule has 9 heavy (non-hydrogen) atoms. The van der Waals surface area contributed by atoms with Crippen molar-refractivity contribution in [3.63, 3.8) is 0 Å². The van der Waals surface area contributed by atoms with E-state index in [-0.39, 0.29) is 0 Å². The molecule has 0 spiro atoms. The standard InChI is InChI=1S/C6H9BrN2/c1-2-6-8-4-5(3-7)9-6/h4H,2-3H2,1H3,(H,8,9). The molecule has 0 aliphatic rings. The zero-order valence-electron chi connectivity index (χ0n) is 5.32. The highest BCUT2D eigenvalue weighted by Gasteiger charge is 1.93. The predicted octanol–water partition coefficient (Wildman–Crippen LogP) is 1.87. The van der Waals surface area contributed by atoms with Crippen LogP contribution in [0.4, 0.5) is 0 Å². The summed E-state index contributed by atoms with van der Waals surface area (Å²) in [5.41, 5.74) is 1.15. The lowest BCUT2D eigenvalue weighted by molar-refractivity contribution is 0.981. The Labute approximate surface area is 62.8 Å². The van der Waals surface area contributed by atoms with Gasteiger partial charge in [-0.3, -0.25) is 0 Å². The van der Waals surface area contributed by atoms with Crippen LogP contribution in [0.15, 0.2) is 6.20 Å². The van der Waals surface area contributed by atoms with E-state index in [4.69, 9.17) is 0 Å². The van der Waals surface area contributed by atoms with Crippen molar-refractivity contribution >= 4 is 15.9 Å². The summed E-state index contributed by atoms with van der Waals surface area (Å²) in [6.07, 6.45) is 2.83. The van der Waals surface area contributed by atoms with Crippen LogP contribution in [-0.4, -0.2) is 9.97 Å². The third kappa shape index (κ3) is 1.55. The normalized spacial score (nSPS) is 10.0. The van der Waals surface area contributed by atoms with Gasteiger partial charge in [-0.15, -0.1) is 0 Å². The largest absolute Gasteiger partial charge is 0.345 e. The van der Waals surface area contributed by atoms with Gasteiger partial charge >= 0.3 is 0 Å². The second-order valence-electron chi connectivity index (χ2n) is 1.84. The first-order chi connectivity index (χ1) is 4.36. The van der Waals surface area contributed by atoms with Crippen molar-refractivity contribution in [2.45, 2.75) is 18.7 Å². The van der Waals surface area contributed by atoms with Gasteiger partial charge in [-0.25, -0.2) is 4.98 Å². The number of aryl methyl sites for hydroxylation is 1. The molecule has 1 N–H and O–H groups in total. The van der Waals surface area contributed by atoms with E-state index in [1.54, 1.807) is 0 Å². The van der Waals surface area contributed by atoms with Gasteiger partial charge in [0.15, 0.2) is 0 Å². The van der Waals surface area contributed by atoms with E-state index in [1.807, 2.05) is 6.20 Å². The summed E-state index contributed by atoms with van der Waals surface area (Å²) in [4.78, 5) is 7.27. The van der Waals surface area contributed by atoms with Crippen LogP contribution < -0.4 is 0 Å². The molecule has 1 aromatic rings. The molecule has 0 saturated carbocycles. The summed E-state index contributed by atoms with van der Waals surface area (Å²) >= 11 is 3.33. The molecule has 0 aliphatic carbocycles. The third-order valence-electron chi connectivity index (χ3n) is 1.16. The molecule has 1 rings (SSSR count). The van der Waals surface area contributed by atoms with Gasteiger partial charge in [-0.1, -0.05) is 22.9 Å². The van der Waals surface area contributed by atoms with Gasteiger partial charge in [0.05, 0.1) is 0 Å². The van der Waals surface area contributed by atoms with Crippen LogP contribution in [0, 0.1) is 0 Å². The number of alkyl halides is 1. The summed E-state index contributed by atoms with van der Waals surface area (Å²) in [7, 11) is 0. The molecule has 0 atom stereocenters. The molecule has 1 aromatic heterocycles. The van der Waals surface area contributed by atoms with E-state index in [1.165, 1.54) is 0 Å². The molecule has 0 saturated heterocycles. The van der Waals surface area contributed by atoms with Gasteiger partial charge in [0, 0.05) is 23.6 Å². The fraction of sp³-hybridized carbons (Fsp3) is 0.500. The van der Waals surface area contributed by atoms with Crippen LogP contribution in [0.25, 0.3) is 0 Å². The first-order valence-corrected chi connectivity index (χ1v) is 4.07. The smallest absolute Gasteiger partial charge is 0.105 e. The Kier molecular flexibility index (Phi) is 2.28. The lowest BCUT2D eigenvalue weighted by Crippen LogP contribution is -1.81. The van der Waals surface area contributed by atoms with Gasteiger partial charge in [0.2, 0.25) is 0 Å². The second-order valence-corrected chi connectivity index (χ2v) is 2.40. The highest BCUT2D eigenvalue weighted by atomic mass is 79.9. The maximum absolute atomic E-state index is 4.12. The van der Waals surface area contributed by atoms with Gasteiger partial charge in [0.25, 0.3) is 0 Å². The topological polar surface area (TPSA) is 28.7 Å². The first-order valence-electron chi connectivity index (χ1n) is 2.95. The zero-order valence-corrected chi connectivity index (χ0v) is 6.90. The van der Waals surface area contributed by atoms with Crippen molar-refractivity contribution in [2.24, 2.45) is 0 Å². The monoisotopic (exact) mass is 188 g/mol. The Balaban J connectivity index is 2.74. The minimum Gasteiger partial charge on any atom is -0.345 e. The predicted molar refractivity (Wildman–Crippen MR) is 40.6 cm³/mol. The number of nitrogens with one attached hydrogen (secondary N) is 1. The van der Waals surface area contributed by atoms with E-state index in [9.17, 15) is 0 Å². The van der Waals surface area contributed by atoms with Crippen molar-refractivity contribution in [3.8, 4) is 0 Å². The van der Waals surface area contributed by atoms with Gasteiger partial charge in [-0.2, -0.15) is 0 Å². The van der Waals surface area contributed by atoms with Gasteiger partial charge < -0.3 is 4.98 Å². The molecular weight excluding hydrogens is 180 g/mol. The maximum Gasteiger partial charge on any atom is 0.105 e. The van der Waals surface area contributed by atoms with E-state index in [0.717, 1.165) is 23.3 Å². The molecule has 0 amide bonds. The van der Waals surface area contributed by atoms with Crippen LogP contribution in [0.1, 0.15) is 18.4 Å². The van der Waals surface area contributed by atoms with E-state index >= 15 is 0 Å². The second kappa shape index (κ2) is 3.01. The molecule has 0 radical (unpaired) electrons. The molecule has 0 fully saturated rings. The Morgan fingerprint density at radius 1 is 1.78 bits per heavy atom. The lowest BCUT2D eigenvalue weighted by atomic mass is 10.5. The minimum atomic E-state index is 0.861. The highest BCUT2D eigenvalue weighted by Crippen LogP contribution is 2.01. The summed E-state index contributed by atoms with van der Waals surface area (Å²) in [6.45, 7) is 2.08. The summed E-state index contributed by atoms with van der Waals surface area (Å²) in [6, 6.07) is 0. The lowest BCUT2D eigenvalue weighted by Gasteiger charge is -1.84. The van der Waals surface area contributed by atoms with E-state index in [0.29, 0.717) is 0 Å². The van der Waals surface area contributed by atoms with Crippen LogP contribution >= 0.6 is 15.9 Å². The van der Waals surface area contributed by atoms with Crippen LogP contribution in [-0.2, 0) is 11.8 Å². The molecule has 3 heteroatoms. The van der Waals surface area contributed by atoms with Gasteiger partial charge in [-0.05, 0) is 0 Å². The van der Waals surface area contributed by atoms with E-state index in [2.05, 4.69) is 32.8 Å². The quantitative estimate of drug-likeness (QED) is 0.706. The number of hydrogen-bond acceptors (Lipinski definition) is 1. The molecule has 0 bridgehead atoms. The number of imidazole rings is 1. The van der Waals surface area contributed by atoms with Crippen LogP contribution in [0.2, 0.25) is 0 Å². The van der Waals surface area contributed by atoms with Crippen LogP contribution in [0.3, 0.4) is 0 Å². The Morgan fingerprint density at radius 2 is 2.56 bits per heavy atom. The molecule has 0 aromatic carbocycles. The molecular formula is C6H9BrN2. The van der Waals surface area contributed by atoms with Crippen molar-refractivity contribution in [2.75, 3.05) is 0 Å². The number of H-pyrrole nitrogens is 1. The van der Waals surface area contributed by atoms with Crippen molar-refractivity contribution < 1.29 is 0 Å². The number of aromatic amines is 1. The SMILES string of the molecule is CCc1ncc(CBr)[nH]1. The van der Waals surface area contributed by atoms with Gasteiger partial charge in [0.1, 0.15) is 5.82 Å². The summed E-state index contributed by atoms with van der Waals surface area (Å²) < 4.78 is 0. The first kappa shape index (κ1) is 6.81. The number of rotatable bonds is 2. The van der Waals surface area contributed by atoms with Crippen molar-refractivity contribution in [1.29, 1.82) is 0 Å². The summed E-state index contributed by atoms with van der Waals surface area (Å²) in [5, 5.41) is 0.861. The average molecular weight is 189 g/mol. The Hall–Kier alpha value is -0.310. The number of nitrogens with zero attached hydrogens (tertiary/aromatic N) is 1. The summed E-state index contributed by atoms with van der Waals surface area (Å²) in [5.74, 6) is 1.06. The highest BCUT2D eigenvalue weighted by molar-refractivity contribution is 9.08. The fourth-order valence-corrected chi connectivity index (χ4v) is 0.938. The molecule has 50 valence electrons. The van der Waals surface area contributed by atoms with Crippen molar-refractivity contribution in [1.82, 2.24) is 9.97 Å². The minimum absolute atomic E-state index is 0.861. The molecule has 0 unspecified atom stereocenters. The zero-order chi connectivity index (χ0) is 6.69. The average Bonchev–Trinajstić information content (AvgIpc) is 2.34. The Morgan fingerprint density at radius 3 is 2.89 bits per heavy atom. The fourth-order valence-electron chi connectivity index (χ4n) is 0.653. The Bertz CT molecular complexity index is 164. The number of halogens is 1. The maximum atomic E-state index is 4.12. The molecule has 1 heterocycles. The van der Waals surface area contributed by atoms with Crippen LogP contribution in [0.5, 0.6) is 0 Å².